The highest BCUT2D eigenvalue weighted by Crippen LogP contribution is 2.28. The number of halogens is 2. The van der Waals surface area contributed by atoms with Crippen LogP contribution in [0.5, 0.6) is 5.75 Å². The van der Waals surface area contributed by atoms with Crippen molar-refractivity contribution < 1.29 is 41.8 Å². The number of sulfone groups is 1. The Morgan fingerprint density at radius 3 is 2.30 bits per heavy atom. The van der Waals surface area contributed by atoms with Gasteiger partial charge in [0, 0.05) is 21.9 Å². The average Bonchev–Trinajstić information content (AvgIpc) is 3.01. The highest BCUT2D eigenvalue weighted by Gasteiger charge is 2.30. The first-order valence-electron chi connectivity index (χ1n) is 14.6. The molecular weight excluding hydrogens is 671 g/mol. The summed E-state index contributed by atoms with van der Waals surface area (Å²) >= 11 is 7.05. The maximum Gasteiger partial charge on any atom is 0.305 e. The van der Waals surface area contributed by atoms with Crippen LogP contribution in [0.15, 0.2) is 76.5 Å². The van der Waals surface area contributed by atoms with E-state index >= 15 is 0 Å². The van der Waals surface area contributed by atoms with Gasteiger partial charge in [-0.05, 0) is 55.3 Å². The van der Waals surface area contributed by atoms with Crippen LogP contribution in [0.4, 0.5) is 4.39 Å². The number of carbonyl (C=O) groups is 4. The van der Waals surface area contributed by atoms with E-state index in [-0.39, 0.29) is 50.5 Å². The van der Waals surface area contributed by atoms with Crippen molar-refractivity contribution in [3.8, 4) is 5.75 Å². The second-order valence-corrected chi connectivity index (χ2v) is 14.1. The molecule has 3 aromatic rings. The van der Waals surface area contributed by atoms with Crippen LogP contribution >= 0.6 is 23.4 Å². The van der Waals surface area contributed by atoms with Gasteiger partial charge in [0.25, 0.3) is 0 Å². The minimum atomic E-state index is -3.90. The van der Waals surface area contributed by atoms with Crippen molar-refractivity contribution in [2.75, 3.05) is 12.4 Å². The molecule has 47 heavy (non-hydrogen) atoms. The Morgan fingerprint density at radius 2 is 1.68 bits per heavy atom. The molecule has 0 aliphatic carbocycles. The van der Waals surface area contributed by atoms with Gasteiger partial charge >= 0.3 is 5.97 Å². The Hall–Kier alpha value is -3.94. The third-order valence-corrected chi connectivity index (χ3v) is 10.1. The van der Waals surface area contributed by atoms with E-state index in [0.717, 1.165) is 11.8 Å². The van der Waals surface area contributed by atoms with Gasteiger partial charge < -0.3 is 20.5 Å². The summed E-state index contributed by atoms with van der Waals surface area (Å²) in [4.78, 5) is 51.1. The molecule has 0 spiro atoms. The van der Waals surface area contributed by atoms with Gasteiger partial charge in [-0.2, -0.15) is 0 Å². The lowest BCUT2D eigenvalue weighted by atomic mass is 10.0. The molecule has 252 valence electrons. The molecule has 3 aromatic carbocycles. The number of aliphatic carboxylic acids is 1. The summed E-state index contributed by atoms with van der Waals surface area (Å²) in [6.45, 7) is 5.30. The zero-order chi connectivity index (χ0) is 34.7. The van der Waals surface area contributed by atoms with Crippen molar-refractivity contribution in [2.24, 2.45) is 5.92 Å². The first kappa shape index (κ1) is 37.5. The molecule has 0 radical (unpaired) electrons. The highest BCUT2D eigenvalue weighted by atomic mass is 35.5. The lowest BCUT2D eigenvalue weighted by Gasteiger charge is -2.25. The molecule has 2 unspecified atom stereocenters. The number of rotatable bonds is 17. The van der Waals surface area contributed by atoms with Crippen molar-refractivity contribution in [3.63, 3.8) is 0 Å². The minimum absolute atomic E-state index is 0.0433. The Balaban J connectivity index is 1.74. The molecule has 0 aliphatic heterocycles. The standard InChI is InChI=1S/C33H36ClFN2O8S2/c1-4-45-29-14-13-23(47(43,44)22-9-6-5-7-10-22)15-21(29)16-30(39)37-32(20(2)3)33(42)36-27(17-31(40)41)28(38)19-46-18-24-25(34)11-8-12-26(24)35/h5-15,20,27,32H,4,16-19H2,1-3H3,(H,36,42)(H,37,39)(H,40,41). The molecule has 10 nitrogen and oxygen atoms in total. The highest BCUT2D eigenvalue weighted by molar-refractivity contribution is 7.99. The van der Waals surface area contributed by atoms with Gasteiger partial charge in [0.2, 0.25) is 21.7 Å². The molecule has 2 atom stereocenters. The molecule has 3 rings (SSSR count). The van der Waals surface area contributed by atoms with Crippen LogP contribution in [0, 0.1) is 11.7 Å². The number of nitrogens with one attached hydrogen (secondary N) is 2. The van der Waals surface area contributed by atoms with E-state index in [0.29, 0.717) is 5.75 Å². The maximum atomic E-state index is 14.1. The van der Waals surface area contributed by atoms with Crippen LogP contribution < -0.4 is 15.4 Å². The summed E-state index contributed by atoms with van der Waals surface area (Å²) in [5.41, 5.74) is 0.472. The first-order chi connectivity index (χ1) is 22.2. The Bertz CT molecular complexity index is 1680. The summed E-state index contributed by atoms with van der Waals surface area (Å²) in [6, 6.07) is 13.6. The monoisotopic (exact) mass is 706 g/mol. The molecule has 3 N–H and O–H groups in total. The number of hydrogen-bond acceptors (Lipinski definition) is 8. The average molecular weight is 707 g/mol. The summed E-state index contributed by atoms with van der Waals surface area (Å²) in [6.07, 6.45) is -1.04. The Labute approximate surface area is 282 Å². The normalized spacial score (nSPS) is 12.6. The van der Waals surface area contributed by atoms with Crippen LogP contribution in [0.1, 0.15) is 38.3 Å². The topological polar surface area (TPSA) is 156 Å². The maximum absolute atomic E-state index is 14.1. The van der Waals surface area contributed by atoms with Crippen LogP contribution in [0.3, 0.4) is 0 Å². The van der Waals surface area contributed by atoms with Gasteiger partial charge in [0.1, 0.15) is 17.6 Å². The Kier molecular flexibility index (Phi) is 13.8. The lowest BCUT2D eigenvalue weighted by molar-refractivity contribution is -0.140. The van der Waals surface area contributed by atoms with Crippen LogP contribution in [-0.4, -0.2) is 61.5 Å². The zero-order valence-electron chi connectivity index (χ0n) is 26.0. The number of benzene rings is 3. The number of amides is 2. The number of hydrogen-bond donors (Lipinski definition) is 3. The van der Waals surface area contributed by atoms with Crippen molar-refractivity contribution in [1.82, 2.24) is 10.6 Å². The zero-order valence-corrected chi connectivity index (χ0v) is 28.4. The lowest BCUT2D eigenvalue weighted by Crippen LogP contribution is -2.54. The van der Waals surface area contributed by atoms with Crippen molar-refractivity contribution >= 4 is 56.8 Å². The SMILES string of the molecule is CCOc1ccc(S(=O)(=O)c2ccccc2)cc1CC(=O)NC(C(=O)NC(CC(=O)O)C(=O)CSCc1c(F)cccc1Cl)C(C)C. The van der Waals surface area contributed by atoms with Gasteiger partial charge in [-0.25, -0.2) is 12.8 Å². The molecule has 0 heterocycles. The molecule has 0 saturated carbocycles. The molecule has 0 aromatic heterocycles. The number of Topliss-reactive ketones (excluding diaryl/α,β-unsaturated/α-hetero) is 1. The largest absolute Gasteiger partial charge is 0.494 e. The molecule has 0 bridgehead atoms. The van der Waals surface area contributed by atoms with E-state index < -0.39 is 63.6 Å². The summed E-state index contributed by atoms with van der Waals surface area (Å²) < 4.78 is 46.1. The predicted octanol–water partition coefficient (Wildman–Crippen LogP) is 4.86. The van der Waals surface area contributed by atoms with Gasteiger partial charge in [-0.1, -0.05) is 49.7 Å². The van der Waals surface area contributed by atoms with Gasteiger partial charge in [0.15, 0.2) is 5.78 Å². The van der Waals surface area contributed by atoms with Gasteiger partial charge in [-0.15, -0.1) is 11.8 Å². The van der Waals surface area contributed by atoms with E-state index in [2.05, 4.69) is 10.6 Å². The first-order valence-corrected chi connectivity index (χ1v) is 17.7. The fourth-order valence-corrected chi connectivity index (χ4v) is 7.17. The number of carboxylic acids is 1. The number of carbonyl (C=O) groups excluding carboxylic acids is 3. The van der Waals surface area contributed by atoms with Crippen molar-refractivity contribution in [3.05, 3.63) is 88.7 Å². The van der Waals surface area contributed by atoms with Gasteiger partial charge in [-0.3, -0.25) is 19.2 Å². The van der Waals surface area contributed by atoms with E-state index in [9.17, 15) is 37.1 Å². The van der Waals surface area contributed by atoms with Crippen LogP contribution in [0.2, 0.25) is 5.02 Å². The minimum Gasteiger partial charge on any atom is -0.494 e. The van der Waals surface area contributed by atoms with E-state index in [4.69, 9.17) is 16.3 Å². The van der Waals surface area contributed by atoms with Crippen LogP contribution in [-0.2, 0) is 41.2 Å². The molecule has 0 saturated heterocycles. The summed E-state index contributed by atoms with van der Waals surface area (Å²) in [7, 11) is -3.90. The molecule has 2 amide bonds. The summed E-state index contributed by atoms with van der Waals surface area (Å²) in [5, 5.41) is 14.7. The second kappa shape index (κ2) is 17.3. The predicted molar refractivity (Wildman–Crippen MR) is 177 cm³/mol. The van der Waals surface area contributed by atoms with E-state index in [1.165, 1.54) is 48.5 Å². The van der Waals surface area contributed by atoms with Crippen molar-refractivity contribution in [2.45, 2.75) is 61.2 Å². The summed E-state index contributed by atoms with van der Waals surface area (Å²) in [5.74, 6) is -4.25. The van der Waals surface area contributed by atoms with Crippen LogP contribution in [0.25, 0.3) is 0 Å². The van der Waals surface area contributed by atoms with Gasteiger partial charge in [0.05, 0.1) is 41.0 Å². The van der Waals surface area contributed by atoms with E-state index in [1.807, 2.05) is 0 Å². The molecule has 14 heteroatoms. The third kappa shape index (κ3) is 10.5. The number of thioether (sulfide) groups is 1. The fourth-order valence-electron chi connectivity index (χ4n) is 4.53. The Morgan fingerprint density at radius 1 is 0.979 bits per heavy atom. The number of carboxylic acid groups (broad SMARTS) is 1. The molecular formula is C33H36ClFN2O8S2. The molecule has 0 aliphatic rings. The smallest absolute Gasteiger partial charge is 0.305 e. The fraction of sp³-hybridized carbons (Fsp3) is 0.333. The number of ketones is 1. The molecule has 0 fully saturated rings. The number of ether oxygens (including phenoxy) is 1. The van der Waals surface area contributed by atoms with E-state index in [1.54, 1.807) is 39.0 Å². The third-order valence-electron chi connectivity index (χ3n) is 6.95. The van der Waals surface area contributed by atoms with Crippen molar-refractivity contribution in [1.29, 1.82) is 0 Å². The quantitative estimate of drug-likeness (QED) is 0.179. The second-order valence-electron chi connectivity index (χ2n) is 10.8.